The molecule has 144 valence electrons. The van der Waals surface area contributed by atoms with Gasteiger partial charge in [0, 0.05) is 22.8 Å². The van der Waals surface area contributed by atoms with Crippen LogP contribution in [0.2, 0.25) is 0 Å². The van der Waals surface area contributed by atoms with Crippen LogP contribution in [0.15, 0.2) is 115 Å². The number of para-hydroxylation sites is 1. The van der Waals surface area contributed by atoms with E-state index in [4.69, 9.17) is 0 Å². The van der Waals surface area contributed by atoms with E-state index in [9.17, 15) is 0 Å². The highest BCUT2D eigenvalue weighted by Crippen LogP contribution is 2.49. The maximum Gasteiger partial charge on any atom is 0.0541 e. The van der Waals surface area contributed by atoms with Crippen LogP contribution in [0.1, 0.15) is 0 Å². The van der Waals surface area contributed by atoms with Gasteiger partial charge in [0.25, 0.3) is 0 Å². The number of hydrogen-bond donors (Lipinski definition) is 0. The van der Waals surface area contributed by atoms with Crippen molar-refractivity contribution in [2.24, 2.45) is 0 Å². The molecule has 1 aliphatic carbocycles. The van der Waals surface area contributed by atoms with Gasteiger partial charge in [0.2, 0.25) is 0 Å². The smallest absolute Gasteiger partial charge is 0.0541 e. The molecule has 1 heteroatoms. The fourth-order valence-corrected chi connectivity index (χ4v) is 5.16. The van der Waals surface area contributed by atoms with Crippen LogP contribution in [0.5, 0.6) is 0 Å². The molecule has 0 N–H and O–H groups in total. The first kappa shape index (κ1) is 16.7. The molecule has 0 atom stereocenters. The molecule has 1 aliphatic rings. The van der Waals surface area contributed by atoms with E-state index in [2.05, 4.69) is 120 Å². The standard InChI is InChI=1S/C30H19N/c1-2-11-22(12-3-1)31-19-28-27-18-21-10-5-4-9-20(21)17-26(27)24-14-7-6-13-23(24)25-15-8-16-29(31)30(25)28/h1-19H. The lowest BCUT2D eigenvalue weighted by atomic mass is 9.91. The van der Waals surface area contributed by atoms with E-state index in [1.54, 1.807) is 0 Å². The lowest BCUT2D eigenvalue weighted by molar-refractivity contribution is 1.13. The molecular formula is C30H19N. The minimum Gasteiger partial charge on any atom is -0.316 e. The Balaban J connectivity index is 1.69. The summed E-state index contributed by atoms with van der Waals surface area (Å²) in [5.74, 6) is 0. The summed E-state index contributed by atoms with van der Waals surface area (Å²) in [6.45, 7) is 0. The molecule has 1 heterocycles. The zero-order valence-corrected chi connectivity index (χ0v) is 16.9. The molecule has 1 aromatic heterocycles. The van der Waals surface area contributed by atoms with Gasteiger partial charge in [0.1, 0.15) is 0 Å². The third kappa shape index (κ3) is 2.32. The van der Waals surface area contributed by atoms with Gasteiger partial charge >= 0.3 is 0 Å². The summed E-state index contributed by atoms with van der Waals surface area (Å²) in [7, 11) is 0. The normalized spacial score (nSPS) is 11.9. The van der Waals surface area contributed by atoms with Gasteiger partial charge in [-0.25, -0.2) is 0 Å². The highest BCUT2D eigenvalue weighted by molar-refractivity contribution is 6.15. The van der Waals surface area contributed by atoms with Gasteiger partial charge < -0.3 is 4.57 Å². The van der Waals surface area contributed by atoms with Crippen LogP contribution in [0, 0.1) is 0 Å². The molecule has 5 aromatic carbocycles. The molecule has 6 aromatic rings. The third-order valence-electron chi connectivity index (χ3n) is 6.55. The second-order valence-electron chi connectivity index (χ2n) is 8.24. The molecule has 0 aliphatic heterocycles. The molecule has 0 bridgehead atoms. The maximum absolute atomic E-state index is 2.37. The van der Waals surface area contributed by atoms with Crippen molar-refractivity contribution in [1.29, 1.82) is 0 Å². The minimum absolute atomic E-state index is 1.19. The summed E-state index contributed by atoms with van der Waals surface area (Å²) in [6, 6.07) is 39.6. The van der Waals surface area contributed by atoms with E-state index in [1.807, 2.05) is 0 Å². The van der Waals surface area contributed by atoms with E-state index < -0.39 is 0 Å². The van der Waals surface area contributed by atoms with Crippen molar-refractivity contribution < 1.29 is 0 Å². The first-order chi connectivity index (χ1) is 15.4. The third-order valence-corrected chi connectivity index (χ3v) is 6.55. The van der Waals surface area contributed by atoms with Gasteiger partial charge in [0.05, 0.1) is 5.52 Å². The van der Waals surface area contributed by atoms with Crippen LogP contribution in [0.25, 0.3) is 60.7 Å². The molecule has 7 rings (SSSR count). The summed E-state index contributed by atoms with van der Waals surface area (Å²) in [5, 5.41) is 3.88. The number of benzene rings is 5. The molecule has 0 radical (unpaired) electrons. The Labute approximate surface area is 180 Å². The Morgan fingerprint density at radius 1 is 0.419 bits per heavy atom. The van der Waals surface area contributed by atoms with Crippen LogP contribution >= 0.6 is 0 Å². The van der Waals surface area contributed by atoms with Crippen LogP contribution < -0.4 is 0 Å². The molecular weight excluding hydrogens is 374 g/mol. The Morgan fingerprint density at radius 3 is 1.74 bits per heavy atom. The Kier molecular flexibility index (Phi) is 3.33. The summed E-state index contributed by atoms with van der Waals surface area (Å²) >= 11 is 0. The van der Waals surface area contributed by atoms with Gasteiger partial charge in [-0.3, -0.25) is 0 Å². The lowest BCUT2D eigenvalue weighted by Crippen LogP contribution is -1.92. The van der Waals surface area contributed by atoms with Gasteiger partial charge in [-0.1, -0.05) is 78.9 Å². The Morgan fingerprint density at radius 2 is 1.00 bits per heavy atom. The van der Waals surface area contributed by atoms with Crippen molar-refractivity contribution in [3.05, 3.63) is 115 Å². The predicted molar refractivity (Wildman–Crippen MR) is 131 cm³/mol. The van der Waals surface area contributed by atoms with Crippen LogP contribution in [-0.2, 0) is 0 Å². The van der Waals surface area contributed by atoms with Crippen LogP contribution in [0.3, 0.4) is 0 Å². The SMILES string of the molecule is c1ccc(-n2cc3c4c(cccc42)-c2ccccc2-c2cc4ccccc4cc2-3)cc1. The summed E-state index contributed by atoms with van der Waals surface area (Å²) < 4.78 is 2.33. The van der Waals surface area contributed by atoms with Gasteiger partial charge in [-0.15, -0.1) is 0 Å². The number of fused-ring (bicyclic) bond motifs is 6. The van der Waals surface area contributed by atoms with Gasteiger partial charge in [0.15, 0.2) is 0 Å². The number of hydrogen-bond acceptors (Lipinski definition) is 0. The lowest BCUT2D eigenvalue weighted by Gasteiger charge is -2.13. The van der Waals surface area contributed by atoms with Crippen molar-refractivity contribution in [2.45, 2.75) is 0 Å². The molecule has 0 saturated carbocycles. The highest BCUT2D eigenvalue weighted by atomic mass is 15.0. The Bertz CT molecular complexity index is 1620. The van der Waals surface area contributed by atoms with Crippen molar-refractivity contribution >= 4 is 21.7 Å². The fraction of sp³-hybridized carbons (Fsp3) is 0. The van der Waals surface area contributed by atoms with E-state index in [-0.39, 0.29) is 0 Å². The average molecular weight is 393 g/mol. The summed E-state index contributed by atoms with van der Waals surface area (Å²) in [6.07, 6.45) is 2.32. The van der Waals surface area contributed by atoms with Crippen molar-refractivity contribution in [1.82, 2.24) is 4.57 Å². The summed E-state index contributed by atoms with van der Waals surface area (Å²) in [4.78, 5) is 0. The summed E-state index contributed by atoms with van der Waals surface area (Å²) in [5.41, 5.74) is 10.2. The molecule has 1 nitrogen and oxygen atoms in total. The van der Waals surface area contributed by atoms with E-state index in [0.29, 0.717) is 0 Å². The second kappa shape index (κ2) is 6.20. The number of rotatable bonds is 1. The number of aromatic nitrogens is 1. The molecule has 0 fully saturated rings. The molecule has 0 amide bonds. The Hall–Kier alpha value is -4.10. The maximum atomic E-state index is 2.37. The first-order valence-corrected chi connectivity index (χ1v) is 10.7. The van der Waals surface area contributed by atoms with Crippen LogP contribution in [0.4, 0.5) is 0 Å². The quantitative estimate of drug-likeness (QED) is 0.265. The molecule has 0 spiro atoms. The van der Waals surface area contributed by atoms with Gasteiger partial charge in [-0.2, -0.15) is 0 Å². The van der Waals surface area contributed by atoms with Crippen molar-refractivity contribution in [2.75, 3.05) is 0 Å². The van der Waals surface area contributed by atoms with E-state index in [0.717, 1.165) is 0 Å². The molecule has 31 heavy (non-hydrogen) atoms. The largest absolute Gasteiger partial charge is 0.316 e. The fourth-order valence-electron chi connectivity index (χ4n) is 5.16. The predicted octanol–water partition coefficient (Wildman–Crippen LogP) is 8.10. The number of nitrogens with zero attached hydrogens (tertiary/aromatic N) is 1. The van der Waals surface area contributed by atoms with Crippen LogP contribution in [-0.4, -0.2) is 4.57 Å². The van der Waals surface area contributed by atoms with Gasteiger partial charge in [-0.05, 0) is 68.9 Å². The highest BCUT2D eigenvalue weighted by Gasteiger charge is 2.24. The van der Waals surface area contributed by atoms with Crippen molar-refractivity contribution in [3.8, 4) is 39.1 Å². The zero-order valence-electron chi connectivity index (χ0n) is 16.9. The topological polar surface area (TPSA) is 4.93 Å². The van der Waals surface area contributed by atoms with E-state index >= 15 is 0 Å². The monoisotopic (exact) mass is 393 g/mol. The van der Waals surface area contributed by atoms with E-state index in [1.165, 1.54) is 60.7 Å². The molecule has 0 saturated heterocycles. The molecule has 0 unspecified atom stereocenters. The van der Waals surface area contributed by atoms with Crippen molar-refractivity contribution in [3.63, 3.8) is 0 Å². The minimum atomic E-state index is 1.19. The average Bonchev–Trinajstić information content (AvgIpc) is 3.19. The first-order valence-electron chi connectivity index (χ1n) is 10.7. The zero-order chi connectivity index (χ0) is 20.4. The second-order valence-corrected chi connectivity index (χ2v) is 8.24.